The van der Waals surface area contributed by atoms with Gasteiger partial charge in [-0.05, 0) is 49.8 Å². The Hall–Kier alpha value is -1.89. The number of hydrogen-bond acceptors (Lipinski definition) is 3. The van der Waals surface area contributed by atoms with Crippen molar-refractivity contribution in [3.05, 3.63) is 70.7 Å². The summed E-state index contributed by atoms with van der Waals surface area (Å²) in [4.78, 5) is 12.6. The molecule has 0 saturated carbocycles. The van der Waals surface area contributed by atoms with Gasteiger partial charge < -0.3 is 5.32 Å². The second kappa shape index (κ2) is 10.4. The Morgan fingerprint density at radius 2 is 1.73 bits per heavy atom. The van der Waals surface area contributed by atoms with Crippen LogP contribution in [0.3, 0.4) is 0 Å². The summed E-state index contributed by atoms with van der Waals surface area (Å²) >= 11 is 6.11. The molecule has 0 unspecified atom stereocenters. The van der Waals surface area contributed by atoms with Crippen LogP contribution in [0.2, 0.25) is 5.02 Å². The van der Waals surface area contributed by atoms with E-state index < -0.39 is 10.0 Å². The van der Waals surface area contributed by atoms with Gasteiger partial charge in [0.05, 0.1) is 5.75 Å². The molecule has 7 heteroatoms. The van der Waals surface area contributed by atoms with Crippen molar-refractivity contribution in [1.29, 1.82) is 0 Å². The van der Waals surface area contributed by atoms with Crippen LogP contribution in [-0.2, 0) is 27.0 Å². The molecule has 2 aromatic rings. The molecule has 0 bridgehead atoms. The maximum atomic E-state index is 12.7. The van der Waals surface area contributed by atoms with Gasteiger partial charge in [0.15, 0.2) is 0 Å². The number of nitrogens with zero attached hydrogens (tertiary/aromatic N) is 1. The minimum Gasteiger partial charge on any atom is -0.353 e. The average molecular weight is 449 g/mol. The first-order valence-corrected chi connectivity index (χ1v) is 12.4. The number of nitrogens with one attached hydrogen (secondary N) is 1. The van der Waals surface area contributed by atoms with E-state index in [1.54, 1.807) is 24.3 Å². The van der Waals surface area contributed by atoms with Gasteiger partial charge in [-0.2, -0.15) is 0 Å². The highest BCUT2D eigenvalue weighted by Crippen LogP contribution is 2.24. The highest BCUT2D eigenvalue weighted by molar-refractivity contribution is 7.88. The molecule has 0 radical (unpaired) electrons. The number of piperidine rings is 1. The maximum Gasteiger partial charge on any atom is 0.223 e. The number of carbonyl (C=O) groups is 1. The second-order valence-electron chi connectivity index (χ2n) is 7.95. The van der Waals surface area contributed by atoms with Crippen LogP contribution in [0, 0.1) is 5.92 Å². The Kier molecular flexibility index (Phi) is 7.92. The number of aryl methyl sites for hydroxylation is 1. The molecule has 5 nitrogen and oxygen atoms in total. The monoisotopic (exact) mass is 448 g/mol. The van der Waals surface area contributed by atoms with Gasteiger partial charge in [0.25, 0.3) is 0 Å². The van der Waals surface area contributed by atoms with E-state index in [0.717, 1.165) is 12.8 Å². The van der Waals surface area contributed by atoms with Crippen molar-refractivity contribution in [3.8, 4) is 0 Å². The standard InChI is InChI=1S/C23H29ClN2O3S/c1-18(11-12-19-7-3-2-4-8-19)25-23(27)20-13-15-26(16-14-20)30(28,29)17-21-9-5-6-10-22(21)24/h2-10,18,20H,11-17H2,1H3,(H,25,27)/t18-/m0/s1. The molecular formula is C23H29ClN2O3S. The Labute approximate surface area is 184 Å². The molecule has 162 valence electrons. The normalized spacial score (nSPS) is 16.9. The highest BCUT2D eigenvalue weighted by atomic mass is 35.5. The molecule has 1 aliphatic rings. The lowest BCUT2D eigenvalue weighted by Gasteiger charge is -2.31. The third-order valence-electron chi connectivity index (χ3n) is 5.61. The van der Waals surface area contributed by atoms with Crippen molar-refractivity contribution in [2.45, 2.75) is 44.4 Å². The predicted octanol–water partition coefficient (Wildman–Crippen LogP) is 4.02. The SMILES string of the molecule is C[C@@H](CCc1ccccc1)NC(=O)C1CCN(S(=O)(=O)Cc2ccccc2Cl)CC1. The van der Waals surface area contributed by atoms with Gasteiger partial charge >= 0.3 is 0 Å². The van der Waals surface area contributed by atoms with Crippen LogP contribution >= 0.6 is 11.6 Å². The van der Waals surface area contributed by atoms with E-state index >= 15 is 0 Å². The minimum atomic E-state index is -3.45. The first kappa shape index (κ1) is 22.8. The molecule has 1 amide bonds. The number of amides is 1. The van der Waals surface area contributed by atoms with Crippen molar-refractivity contribution >= 4 is 27.5 Å². The molecule has 3 rings (SSSR count). The number of rotatable bonds is 8. The first-order valence-electron chi connectivity index (χ1n) is 10.4. The summed E-state index contributed by atoms with van der Waals surface area (Å²) in [6.45, 7) is 2.75. The van der Waals surface area contributed by atoms with E-state index in [1.165, 1.54) is 9.87 Å². The third-order valence-corrected chi connectivity index (χ3v) is 7.81. The minimum absolute atomic E-state index is 0.0266. The van der Waals surface area contributed by atoms with E-state index in [2.05, 4.69) is 17.4 Å². The van der Waals surface area contributed by atoms with Crippen LogP contribution in [0.1, 0.15) is 37.3 Å². The van der Waals surface area contributed by atoms with Crippen molar-refractivity contribution in [2.75, 3.05) is 13.1 Å². The molecule has 1 N–H and O–H groups in total. The number of hydrogen-bond donors (Lipinski definition) is 1. The van der Waals surface area contributed by atoms with Gasteiger partial charge in [0, 0.05) is 30.1 Å². The molecule has 1 atom stereocenters. The summed E-state index contributed by atoms with van der Waals surface area (Å²) in [5.41, 5.74) is 1.86. The van der Waals surface area contributed by atoms with Crippen LogP contribution in [0.25, 0.3) is 0 Å². The zero-order chi connectivity index (χ0) is 21.6. The van der Waals surface area contributed by atoms with Crippen molar-refractivity contribution < 1.29 is 13.2 Å². The van der Waals surface area contributed by atoms with Gasteiger partial charge in [0.1, 0.15) is 0 Å². The van der Waals surface area contributed by atoms with Crippen molar-refractivity contribution in [3.63, 3.8) is 0 Å². The van der Waals surface area contributed by atoms with E-state index in [9.17, 15) is 13.2 Å². The molecule has 0 aromatic heterocycles. The largest absolute Gasteiger partial charge is 0.353 e. The van der Waals surface area contributed by atoms with Crippen LogP contribution in [0.4, 0.5) is 0 Å². The summed E-state index contributed by atoms with van der Waals surface area (Å²) in [5.74, 6) is -0.227. The van der Waals surface area contributed by atoms with Crippen LogP contribution in [-0.4, -0.2) is 37.8 Å². The fourth-order valence-corrected chi connectivity index (χ4v) is 5.64. The predicted molar refractivity (Wildman–Crippen MR) is 121 cm³/mol. The number of benzene rings is 2. The fraction of sp³-hybridized carbons (Fsp3) is 0.435. The van der Waals surface area contributed by atoms with Gasteiger partial charge in [-0.25, -0.2) is 12.7 Å². The molecular weight excluding hydrogens is 420 g/mol. The maximum absolute atomic E-state index is 12.7. The molecule has 0 aliphatic carbocycles. The topological polar surface area (TPSA) is 66.5 Å². The molecule has 1 saturated heterocycles. The quantitative estimate of drug-likeness (QED) is 0.663. The molecule has 1 aliphatic heterocycles. The van der Waals surface area contributed by atoms with Crippen molar-refractivity contribution in [2.24, 2.45) is 5.92 Å². The number of halogens is 1. The average Bonchev–Trinajstić information content (AvgIpc) is 2.74. The van der Waals surface area contributed by atoms with Gasteiger partial charge in [0.2, 0.25) is 15.9 Å². The summed E-state index contributed by atoms with van der Waals surface area (Å²) in [7, 11) is -3.45. The lowest BCUT2D eigenvalue weighted by Crippen LogP contribution is -2.45. The van der Waals surface area contributed by atoms with E-state index in [4.69, 9.17) is 11.6 Å². The summed E-state index contributed by atoms with van der Waals surface area (Å²) in [6.07, 6.45) is 2.87. The Balaban J connectivity index is 1.46. The highest BCUT2D eigenvalue weighted by Gasteiger charge is 2.31. The second-order valence-corrected chi connectivity index (χ2v) is 10.3. The zero-order valence-corrected chi connectivity index (χ0v) is 18.8. The Morgan fingerprint density at radius 1 is 1.10 bits per heavy atom. The van der Waals surface area contributed by atoms with Gasteiger partial charge in [-0.3, -0.25) is 4.79 Å². The summed E-state index contributed by atoms with van der Waals surface area (Å²) in [5, 5.41) is 3.55. The third kappa shape index (κ3) is 6.30. The van der Waals surface area contributed by atoms with E-state index in [0.29, 0.717) is 36.5 Å². The first-order chi connectivity index (χ1) is 14.3. The Morgan fingerprint density at radius 3 is 2.40 bits per heavy atom. The molecule has 2 aromatic carbocycles. The summed E-state index contributed by atoms with van der Waals surface area (Å²) < 4.78 is 27.0. The summed E-state index contributed by atoms with van der Waals surface area (Å²) in [6, 6.07) is 17.3. The fourth-order valence-electron chi connectivity index (χ4n) is 3.76. The van der Waals surface area contributed by atoms with E-state index in [1.807, 2.05) is 25.1 Å². The van der Waals surface area contributed by atoms with E-state index in [-0.39, 0.29) is 23.6 Å². The zero-order valence-electron chi connectivity index (χ0n) is 17.3. The van der Waals surface area contributed by atoms with Crippen LogP contribution < -0.4 is 5.32 Å². The molecule has 30 heavy (non-hydrogen) atoms. The molecule has 0 spiro atoms. The van der Waals surface area contributed by atoms with Crippen LogP contribution in [0.15, 0.2) is 54.6 Å². The lowest BCUT2D eigenvalue weighted by molar-refractivity contribution is -0.126. The van der Waals surface area contributed by atoms with Gasteiger partial charge in [-0.15, -0.1) is 0 Å². The van der Waals surface area contributed by atoms with Crippen molar-refractivity contribution in [1.82, 2.24) is 9.62 Å². The molecule has 1 fully saturated rings. The lowest BCUT2D eigenvalue weighted by atomic mass is 9.96. The molecule has 1 heterocycles. The van der Waals surface area contributed by atoms with Gasteiger partial charge in [-0.1, -0.05) is 60.1 Å². The Bertz CT molecular complexity index is 942. The number of sulfonamides is 1. The smallest absolute Gasteiger partial charge is 0.223 e. The van der Waals surface area contributed by atoms with Crippen LogP contribution in [0.5, 0.6) is 0 Å². The number of carbonyl (C=O) groups excluding carboxylic acids is 1.